The Morgan fingerprint density at radius 2 is 1.76 bits per heavy atom. The molecule has 1 saturated heterocycles. The first-order chi connectivity index (χ1) is 16.5. The normalized spacial score (nSPS) is 24.9. The number of hydrogen-bond acceptors (Lipinski definition) is 5. The Labute approximate surface area is 203 Å². The number of methoxy groups -OCH3 is 2. The summed E-state index contributed by atoms with van der Waals surface area (Å²) in [6.07, 6.45) is 7.07. The van der Waals surface area contributed by atoms with Crippen LogP contribution in [0.2, 0.25) is 0 Å². The summed E-state index contributed by atoms with van der Waals surface area (Å²) >= 11 is 0. The van der Waals surface area contributed by atoms with Crippen molar-refractivity contribution in [3.05, 3.63) is 52.8 Å². The number of carbonyl (C=O) groups is 1. The second-order valence-electron chi connectivity index (χ2n) is 10.4. The van der Waals surface area contributed by atoms with Gasteiger partial charge in [0.15, 0.2) is 0 Å². The van der Waals surface area contributed by atoms with Crippen LogP contribution in [0, 0.1) is 18.8 Å². The molecule has 2 saturated carbocycles. The van der Waals surface area contributed by atoms with E-state index in [9.17, 15) is 4.79 Å². The number of nitrogens with one attached hydrogen (secondary N) is 1. The SMILES string of the molecule is COc1cc(CN2CCC(c3nc(C)ccc3C(=O)NC3CC4CCC3C4)CC2)cc(OC)c1. The van der Waals surface area contributed by atoms with Gasteiger partial charge in [-0.05, 0) is 93.8 Å². The Hall–Kier alpha value is -2.60. The molecule has 0 radical (unpaired) electrons. The molecule has 2 heterocycles. The van der Waals surface area contributed by atoms with E-state index in [1.165, 1.54) is 24.8 Å². The molecule has 2 bridgehead atoms. The number of rotatable bonds is 7. The number of aromatic nitrogens is 1. The molecule has 6 nitrogen and oxygen atoms in total. The number of piperidine rings is 1. The van der Waals surface area contributed by atoms with E-state index < -0.39 is 0 Å². The fourth-order valence-electron chi connectivity index (χ4n) is 6.33. The van der Waals surface area contributed by atoms with Crippen molar-refractivity contribution >= 4 is 5.91 Å². The molecular weight excluding hydrogens is 426 g/mol. The summed E-state index contributed by atoms with van der Waals surface area (Å²) in [7, 11) is 3.37. The maximum Gasteiger partial charge on any atom is 0.253 e. The smallest absolute Gasteiger partial charge is 0.253 e. The van der Waals surface area contributed by atoms with E-state index in [-0.39, 0.29) is 5.91 Å². The summed E-state index contributed by atoms with van der Waals surface area (Å²) in [4.78, 5) is 20.6. The number of hydrogen-bond donors (Lipinski definition) is 1. The number of fused-ring (bicyclic) bond motifs is 2. The van der Waals surface area contributed by atoms with Crippen LogP contribution in [0.25, 0.3) is 0 Å². The Morgan fingerprint density at radius 3 is 2.38 bits per heavy atom. The molecule has 3 fully saturated rings. The van der Waals surface area contributed by atoms with Crippen molar-refractivity contribution in [2.45, 2.75) is 64.0 Å². The zero-order valence-corrected chi connectivity index (χ0v) is 20.7. The summed E-state index contributed by atoms with van der Waals surface area (Å²) in [6.45, 7) is 4.84. The second-order valence-corrected chi connectivity index (χ2v) is 10.4. The van der Waals surface area contributed by atoms with Gasteiger partial charge in [0.2, 0.25) is 0 Å². The van der Waals surface area contributed by atoms with Crippen molar-refractivity contribution in [3.8, 4) is 11.5 Å². The first-order valence-corrected chi connectivity index (χ1v) is 12.7. The number of likely N-dealkylation sites (tertiary alicyclic amines) is 1. The monoisotopic (exact) mass is 463 g/mol. The lowest BCUT2D eigenvalue weighted by Crippen LogP contribution is -2.39. The summed E-state index contributed by atoms with van der Waals surface area (Å²) in [5.74, 6) is 3.52. The molecule has 3 unspecified atom stereocenters. The van der Waals surface area contributed by atoms with Gasteiger partial charge in [0.1, 0.15) is 11.5 Å². The van der Waals surface area contributed by atoms with Crippen LogP contribution in [0.4, 0.5) is 0 Å². The Kier molecular flexibility index (Phi) is 6.77. The first kappa shape index (κ1) is 23.2. The minimum atomic E-state index is 0.0750. The molecule has 182 valence electrons. The number of nitrogens with zero attached hydrogens (tertiary/aromatic N) is 2. The third kappa shape index (κ3) is 4.92. The average molecular weight is 464 g/mol. The topological polar surface area (TPSA) is 63.7 Å². The van der Waals surface area contributed by atoms with Crippen LogP contribution in [0.1, 0.15) is 71.8 Å². The lowest BCUT2D eigenvalue weighted by Gasteiger charge is -2.32. The quantitative estimate of drug-likeness (QED) is 0.645. The Morgan fingerprint density at radius 1 is 1.03 bits per heavy atom. The molecule has 2 aliphatic carbocycles. The van der Waals surface area contributed by atoms with Crippen LogP contribution in [0.3, 0.4) is 0 Å². The number of pyridine rings is 1. The molecular formula is C28H37N3O3. The number of benzene rings is 1. The van der Waals surface area contributed by atoms with E-state index in [1.807, 2.05) is 25.1 Å². The third-order valence-electron chi connectivity index (χ3n) is 8.15. The van der Waals surface area contributed by atoms with Gasteiger partial charge in [-0.1, -0.05) is 6.42 Å². The number of ether oxygens (including phenoxy) is 2. The van der Waals surface area contributed by atoms with Crippen molar-refractivity contribution in [2.24, 2.45) is 11.8 Å². The van der Waals surface area contributed by atoms with Crippen molar-refractivity contribution in [2.75, 3.05) is 27.3 Å². The van der Waals surface area contributed by atoms with Gasteiger partial charge in [-0.2, -0.15) is 0 Å². The van der Waals surface area contributed by atoms with Crippen LogP contribution < -0.4 is 14.8 Å². The molecule has 0 spiro atoms. The lowest BCUT2D eigenvalue weighted by molar-refractivity contribution is 0.0920. The molecule has 1 amide bonds. The Bertz CT molecular complexity index is 1010. The molecule has 1 aliphatic heterocycles. The fourth-order valence-corrected chi connectivity index (χ4v) is 6.33. The molecule has 34 heavy (non-hydrogen) atoms. The summed E-state index contributed by atoms with van der Waals surface area (Å²) in [5, 5.41) is 3.38. The second kappa shape index (κ2) is 9.95. The minimum Gasteiger partial charge on any atom is -0.497 e. The van der Waals surface area contributed by atoms with E-state index in [0.717, 1.165) is 73.3 Å². The summed E-state index contributed by atoms with van der Waals surface area (Å²) in [6, 6.07) is 10.4. The van der Waals surface area contributed by atoms with Crippen LogP contribution in [0.15, 0.2) is 30.3 Å². The van der Waals surface area contributed by atoms with Gasteiger partial charge in [0, 0.05) is 30.3 Å². The minimum absolute atomic E-state index is 0.0750. The van der Waals surface area contributed by atoms with Gasteiger partial charge < -0.3 is 14.8 Å². The van der Waals surface area contributed by atoms with Gasteiger partial charge in [-0.15, -0.1) is 0 Å². The zero-order chi connectivity index (χ0) is 23.7. The van der Waals surface area contributed by atoms with Crippen molar-refractivity contribution in [1.29, 1.82) is 0 Å². The Balaban J connectivity index is 1.24. The van der Waals surface area contributed by atoms with E-state index >= 15 is 0 Å². The van der Waals surface area contributed by atoms with Gasteiger partial charge >= 0.3 is 0 Å². The maximum atomic E-state index is 13.3. The number of carbonyl (C=O) groups excluding carboxylic acids is 1. The van der Waals surface area contributed by atoms with E-state index in [2.05, 4.69) is 22.3 Å². The molecule has 5 rings (SSSR count). The van der Waals surface area contributed by atoms with Gasteiger partial charge in [0.25, 0.3) is 5.91 Å². The fraction of sp³-hybridized carbons (Fsp3) is 0.571. The van der Waals surface area contributed by atoms with E-state index in [0.29, 0.717) is 17.9 Å². The number of amides is 1. The standard InChI is InChI=1S/C28H37N3O3/c1-18-4-7-25(28(32)30-26-15-19-5-6-22(26)12-19)27(29-18)21-8-10-31(11-9-21)17-20-13-23(33-2)16-24(14-20)34-3/h4,7,13-14,16,19,21-22,26H,5-6,8-12,15,17H2,1-3H3,(H,30,32). The highest BCUT2D eigenvalue weighted by molar-refractivity contribution is 5.95. The number of aryl methyl sites for hydroxylation is 1. The van der Waals surface area contributed by atoms with E-state index in [1.54, 1.807) is 14.2 Å². The highest BCUT2D eigenvalue weighted by atomic mass is 16.5. The summed E-state index contributed by atoms with van der Waals surface area (Å²) < 4.78 is 10.9. The highest BCUT2D eigenvalue weighted by Gasteiger charge is 2.40. The van der Waals surface area contributed by atoms with Crippen LogP contribution in [0.5, 0.6) is 11.5 Å². The summed E-state index contributed by atoms with van der Waals surface area (Å²) in [5.41, 5.74) is 3.94. The molecule has 1 aromatic heterocycles. The van der Waals surface area contributed by atoms with Crippen molar-refractivity contribution in [1.82, 2.24) is 15.2 Å². The molecule has 1 aromatic carbocycles. The molecule has 2 aromatic rings. The van der Waals surface area contributed by atoms with Gasteiger partial charge in [-0.25, -0.2) is 0 Å². The third-order valence-corrected chi connectivity index (χ3v) is 8.15. The predicted octanol–water partition coefficient (Wildman–Crippen LogP) is 4.71. The van der Waals surface area contributed by atoms with Crippen LogP contribution >= 0.6 is 0 Å². The van der Waals surface area contributed by atoms with Crippen LogP contribution in [-0.2, 0) is 6.54 Å². The molecule has 3 aliphatic rings. The molecule has 1 N–H and O–H groups in total. The first-order valence-electron chi connectivity index (χ1n) is 12.7. The molecule has 6 heteroatoms. The van der Waals surface area contributed by atoms with Gasteiger partial charge in [-0.3, -0.25) is 14.7 Å². The maximum absolute atomic E-state index is 13.3. The van der Waals surface area contributed by atoms with Gasteiger partial charge in [0.05, 0.1) is 25.5 Å². The highest BCUT2D eigenvalue weighted by Crippen LogP contribution is 2.44. The molecule has 3 atom stereocenters. The predicted molar refractivity (Wildman–Crippen MR) is 132 cm³/mol. The average Bonchev–Trinajstić information content (AvgIpc) is 3.47. The van der Waals surface area contributed by atoms with Crippen molar-refractivity contribution in [3.63, 3.8) is 0 Å². The lowest BCUT2D eigenvalue weighted by atomic mass is 9.89. The largest absolute Gasteiger partial charge is 0.497 e. The van der Waals surface area contributed by atoms with E-state index in [4.69, 9.17) is 14.5 Å². The zero-order valence-electron chi connectivity index (χ0n) is 20.7. The van der Waals surface area contributed by atoms with Crippen LogP contribution in [-0.4, -0.2) is 49.1 Å². The van der Waals surface area contributed by atoms with Crippen molar-refractivity contribution < 1.29 is 14.3 Å².